The molecular formula is C17H23N5O2. The molecule has 0 aromatic carbocycles. The van der Waals surface area contributed by atoms with E-state index in [4.69, 9.17) is 10.3 Å². The van der Waals surface area contributed by atoms with Gasteiger partial charge in [0.05, 0.1) is 0 Å². The molecule has 0 spiro atoms. The first-order chi connectivity index (χ1) is 11.5. The van der Waals surface area contributed by atoms with Crippen molar-refractivity contribution in [3.05, 3.63) is 24.2 Å². The van der Waals surface area contributed by atoms with Crippen LogP contribution in [-0.4, -0.2) is 34.1 Å². The summed E-state index contributed by atoms with van der Waals surface area (Å²) in [4.78, 5) is 22.3. The van der Waals surface area contributed by atoms with E-state index in [1.165, 1.54) is 0 Å². The van der Waals surface area contributed by atoms with Gasteiger partial charge in [0.2, 0.25) is 5.91 Å². The van der Waals surface area contributed by atoms with E-state index < -0.39 is 0 Å². The lowest BCUT2D eigenvalue weighted by Gasteiger charge is -2.33. The van der Waals surface area contributed by atoms with E-state index in [1.54, 1.807) is 6.20 Å². The van der Waals surface area contributed by atoms with E-state index in [1.807, 2.05) is 26.0 Å². The van der Waals surface area contributed by atoms with Gasteiger partial charge in [-0.15, -0.1) is 0 Å². The number of primary amides is 1. The van der Waals surface area contributed by atoms with Crippen molar-refractivity contribution in [1.29, 1.82) is 0 Å². The third-order valence-electron chi connectivity index (χ3n) is 4.28. The van der Waals surface area contributed by atoms with E-state index in [9.17, 15) is 4.79 Å². The van der Waals surface area contributed by atoms with E-state index in [0.717, 1.165) is 37.3 Å². The van der Waals surface area contributed by atoms with Gasteiger partial charge in [-0.1, -0.05) is 19.0 Å². The summed E-state index contributed by atoms with van der Waals surface area (Å²) in [5.74, 6) is 2.34. The molecule has 1 aliphatic rings. The molecule has 0 aliphatic carbocycles. The summed E-state index contributed by atoms with van der Waals surface area (Å²) in [6, 6.07) is 3.83. The molecule has 1 saturated heterocycles. The molecule has 1 fully saturated rings. The number of piperidine rings is 1. The van der Waals surface area contributed by atoms with Gasteiger partial charge in [-0.3, -0.25) is 4.79 Å². The number of hydrogen-bond acceptors (Lipinski definition) is 6. The number of carbonyl (C=O) groups is 1. The van der Waals surface area contributed by atoms with E-state index >= 15 is 0 Å². The van der Waals surface area contributed by atoms with Crippen molar-refractivity contribution in [3.8, 4) is 11.5 Å². The van der Waals surface area contributed by atoms with Crippen LogP contribution in [0, 0.1) is 5.92 Å². The lowest BCUT2D eigenvalue weighted by Crippen LogP contribution is -2.37. The van der Waals surface area contributed by atoms with Crippen LogP contribution in [0.5, 0.6) is 0 Å². The van der Waals surface area contributed by atoms with Crippen molar-refractivity contribution < 1.29 is 9.32 Å². The fraction of sp³-hybridized carbons (Fsp3) is 0.529. The molecule has 0 bridgehead atoms. The second-order valence-corrected chi connectivity index (χ2v) is 6.64. The Morgan fingerprint density at radius 1 is 1.50 bits per heavy atom. The molecule has 1 aliphatic heterocycles. The van der Waals surface area contributed by atoms with Gasteiger partial charge in [-0.05, 0) is 30.9 Å². The van der Waals surface area contributed by atoms with Gasteiger partial charge >= 0.3 is 0 Å². The number of amides is 1. The van der Waals surface area contributed by atoms with Crippen LogP contribution in [-0.2, 0) is 4.79 Å². The zero-order chi connectivity index (χ0) is 17.1. The highest BCUT2D eigenvalue weighted by atomic mass is 16.5. The van der Waals surface area contributed by atoms with Crippen LogP contribution in [0.25, 0.3) is 11.5 Å². The zero-order valence-electron chi connectivity index (χ0n) is 14.1. The first-order valence-corrected chi connectivity index (χ1v) is 8.36. The predicted molar refractivity (Wildman–Crippen MR) is 90.4 cm³/mol. The maximum absolute atomic E-state index is 11.2. The molecule has 0 radical (unpaired) electrons. The second-order valence-electron chi connectivity index (χ2n) is 6.64. The van der Waals surface area contributed by atoms with Crippen LogP contribution in [0.1, 0.15) is 44.9 Å². The number of rotatable bonds is 5. The fourth-order valence-electron chi connectivity index (χ4n) is 3.04. The fourth-order valence-corrected chi connectivity index (χ4v) is 3.04. The monoisotopic (exact) mass is 329 g/mol. The standard InChI is InChI=1S/C17H23N5O2/c1-11(2)16-20-17(24-21-16)13-5-6-19-15(9-13)22-7-3-4-12(10-22)8-14(18)23/h5-6,9,11-12H,3-4,7-8,10H2,1-2H3,(H2,18,23). The van der Waals surface area contributed by atoms with Crippen molar-refractivity contribution in [3.63, 3.8) is 0 Å². The van der Waals surface area contributed by atoms with Gasteiger partial charge in [-0.25, -0.2) is 4.98 Å². The third kappa shape index (κ3) is 3.72. The molecule has 1 amide bonds. The van der Waals surface area contributed by atoms with Crippen LogP contribution in [0.4, 0.5) is 5.82 Å². The van der Waals surface area contributed by atoms with Crippen LogP contribution in [0.15, 0.2) is 22.9 Å². The molecule has 2 N–H and O–H groups in total. The minimum Gasteiger partial charge on any atom is -0.370 e. The maximum Gasteiger partial charge on any atom is 0.258 e. The minimum atomic E-state index is -0.240. The summed E-state index contributed by atoms with van der Waals surface area (Å²) in [5, 5.41) is 4.01. The summed E-state index contributed by atoms with van der Waals surface area (Å²) < 4.78 is 5.36. The summed E-state index contributed by atoms with van der Waals surface area (Å²) in [6.07, 6.45) is 4.24. The summed E-state index contributed by atoms with van der Waals surface area (Å²) >= 11 is 0. The van der Waals surface area contributed by atoms with Crippen molar-refractivity contribution in [1.82, 2.24) is 15.1 Å². The molecule has 1 unspecified atom stereocenters. The Morgan fingerprint density at radius 3 is 3.04 bits per heavy atom. The SMILES string of the molecule is CC(C)c1noc(-c2ccnc(N3CCCC(CC(N)=O)C3)c2)n1. The molecule has 7 heteroatoms. The Bertz CT molecular complexity index is 713. The Hall–Kier alpha value is -2.44. The van der Waals surface area contributed by atoms with Gasteiger partial charge in [0.1, 0.15) is 5.82 Å². The Labute approximate surface area is 141 Å². The van der Waals surface area contributed by atoms with Crippen LogP contribution in [0.3, 0.4) is 0 Å². The molecule has 2 aromatic heterocycles. The highest BCUT2D eigenvalue weighted by Gasteiger charge is 2.23. The minimum absolute atomic E-state index is 0.223. The van der Waals surface area contributed by atoms with Gasteiger partial charge < -0.3 is 15.2 Å². The summed E-state index contributed by atoms with van der Waals surface area (Å²) in [7, 11) is 0. The predicted octanol–water partition coefficient (Wildman–Crippen LogP) is 2.35. The Morgan fingerprint density at radius 2 is 2.33 bits per heavy atom. The molecule has 7 nitrogen and oxygen atoms in total. The van der Waals surface area contributed by atoms with Gasteiger partial charge in [0.25, 0.3) is 5.89 Å². The van der Waals surface area contributed by atoms with Crippen molar-refractivity contribution in [2.75, 3.05) is 18.0 Å². The molecule has 128 valence electrons. The average Bonchev–Trinajstić information content (AvgIpc) is 3.05. The third-order valence-corrected chi connectivity index (χ3v) is 4.28. The normalized spacial score (nSPS) is 18.1. The lowest BCUT2D eigenvalue weighted by molar-refractivity contribution is -0.118. The van der Waals surface area contributed by atoms with Crippen LogP contribution >= 0.6 is 0 Å². The van der Waals surface area contributed by atoms with Crippen molar-refractivity contribution in [2.45, 2.75) is 39.0 Å². The summed E-state index contributed by atoms with van der Waals surface area (Å²) in [6.45, 7) is 5.77. The molecule has 3 heterocycles. The van der Waals surface area contributed by atoms with E-state index in [0.29, 0.717) is 18.1 Å². The number of nitrogens with two attached hydrogens (primary N) is 1. The average molecular weight is 329 g/mol. The van der Waals surface area contributed by atoms with Crippen LogP contribution in [0.2, 0.25) is 0 Å². The second kappa shape index (κ2) is 6.98. The zero-order valence-corrected chi connectivity index (χ0v) is 14.1. The molecule has 24 heavy (non-hydrogen) atoms. The lowest BCUT2D eigenvalue weighted by atomic mass is 9.94. The molecule has 2 aromatic rings. The Balaban J connectivity index is 1.78. The number of aromatic nitrogens is 3. The maximum atomic E-state index is 11.2. The number of pyridine rings is 1. The molecule has 3 rings (SSSR count). The van der Waals surface area contributed by atoms with Crippen molar-refractivity contribution >= 4 is 11.7 Å². The van der Waals surface area contributed by atoms with Gasteiger partial charge in [0, 0.05) is 37.2 Å². The van der Waals surface area contributed by atoms with Crippen LogP contribution < -0.4 is 10.6 Å². The molecule has 1 atom stereocenters. The highest BCUT2D eigenvalue weighted by Crippen LogP contribution is 2.27. The van der Waals surface area contributed by atoms with E-state index in [2.05, 4.69) is 20.0 Å². The number of hydrogen-bond donors (Lipinski definition) is 1. The Kier molecular flexibility index (Phi) is 4.78. The van der Waals surface area contributed by atoms with Gasteiger partial charge in [-0.2, -0.15) is 4.98 Å². The highest BCUT2D eigenvalue weighted by molar-refractivity contribution is 5.74. The topological polar surface area (TPSA) is 98.1 Å². The quantitative estimate of drug-likeness (QED) is 0.904. The van der Waals surface area contributed by atoms with Gasteiger partial charge in [0.15, 0.2) is 5.82 Å². The number of carbonyl (C=O) groups excluding carboxylic acids is 1. The largest absolute Gasteiger partial charge is 0.370 e. The first-order valence-electron chi connectivity index (χ1n) is 8.36. The molecular weight excluding hydrogens is 306 g/mol. The summed E-state index contributed by atoms with van der Waals surface area (Å²) in [5.41, 5.74) is 6.19. The van der Waals surface area contributed by atoms with Crippen molar-refractivity contribution in [2.24, 2.45) is 11.7 Å². The smallest absolute Gasteiger partial charge is 0.258 e. The number of nitrogens with zero attached hydrogens (tertiary/aromatic N) is 4. The van der Waals surface area contributed by atoms with E-state index in [-0.39, 0.29) is 17.7 Å². The molecule has 0 saturated carbocycles. The number of anilines is 1. The first kappa shape index (κ1) is 16.4.